The van der Waals surface area contributed by atoms with E-state index in [1.54, 1.807) is 6.92 Å². The number of β-amino-alcohol motifs (C(OH)–C–C–N with tert-alkyl or cyclic N) is 1. The summed E-state index contributed by atoms with van der Waals surface area (Å²) >= 11 is 0. The van der Waals surface area contributed by atoms with E-state index in [-0.39, 0.29) is 12.4 Å². The van der Waals surface area contributed by atoms with Gasteiger partial charge in [-0.1, -0.05) is 0 Å². The van der Waals surface area contributed by atoms with Crippen LogP contribution in [-0.2, 0) is 9.53 Å². The van der Waals surface area contributed by atoms with E-state index >= 15 is 0 Å². The summed E-state index contributed by atoms with van der Waals surface area (Å²) in [7, 11) is 4.21. The molecule has 1 atom stereocenters. The van der Waals surface area contributed by atoms with Crippen molar-refractivity contribution >= 4 is 5.97 Å². The van der Waals surface area contributed by atoms with Crippen LogP contribution < -0.4 is 0 Å². The third-order valence-electron chi connectivity index (χ3n) is 3.46. The van der Waals surface area contributed by atoms with Crippen LogP contribution in [0.1, 0.15) is 26.2 Å². The van der Waals surface area contributed by atoms with Gasteiger partial charge in [0.2, 0.25) is 0 Å². The number of rotatable bonds is 6. The molecule has 0 radical (unpaired) electrons. The molecule has 106 valence electrons. The highest BCUT2D eigenvalue weighted by molar-refractivity contribution is 5.69. The molecule has 0 spiro atoms. The largest absolute Gasteiger partial charge is 0.466 e. The van der Waals surface area contributed by atoms with Gasteiger partial charge in [0.15, 0.2) is 0 Å². The first-order valence-electron chi connectivity index (χ1n) is 6.75. The first-order chi connectivity index (χ1) is 8.52. The molecule has 1 aliphatic heterocycles. The SMILES string of the molecule is CCOC(=O)CC(O)CN1CCC(N(C)C)CC1. The number of aliphatic hydroxyl groups is 1. The van der Waals surface area contributed by atoms with Crippen LogP contribution in [0.2, 0.25) is 0 Å². The summed E-state index contributed by atoms with van der Waals surface area (Å²) < 4.78 is 4.83. The lowest BCUT2D eigenvalue weighted by Crippen LogP contribution is -2.44. The predicted octanol–water partition coefficient (Wildman–Crippen LogP) is 0.327. The highest BCUT2D eigenvalue weighted by Gasteiger charge is 2.23. The maximum absolute atomic E-state index is 11.2. The van der Waals surface area contributed by atoms with Crippen molar-refractivity contribution in [3.05, 3.63) is 0 Å². The van der Waals surface area contributed by atoms with Crippen LogP contribution in [0.5, 0.6) is 0 Å². The first kappa shape index (κ1) is 15.4. The molecule has 0 aliphatic carbocycles. The molecule has 0 saturated carbocycles. The predicted molar refractivity (Wildman–Crippen MR) is 70.4 cm³/mol. The van der Waals surface area contributed by atoms with Crippen molar-refractivity contribution in [3.8, 4) is 0 Å². The van der Waals surface area contributed by atoms with Crippen LogP contribution in [-0.4, -0.2) is 73.4 Å². The van der Waals surface area contributed by atoms with E-state index in [2.05, 4.69) is 23.9 Å². The molecule has 1 N–H and O–H groups in total. The number of carbonyl (C=O) groups excluding carboxylic acids is 1. The third-order valence-corrected chi connectivity index (χ3v) is 3.46. The van der Waals surface area contributed by atoms with Gasteiger partial charge in [-0.3, -0.25) is 4.79 Å². The highest BCUT2D eigenvalue weighted by Crippen LogP contribution is 2.14. The summed E-state index contributed by atoms with van der Waals surface area (Å²) in [5.41, 5.74) is 0. The molecule has 0 aromatic heterocycles. The zero-order valence-corrected chi connectivity index (χ0v) is 11.8. The lowest BCUT2D eigenvalue weighted by Gasteiger charge is -2.35. The Hall–Kier alpha value is -0.650. The zero-order valence-electron chi connectivity index (χ0n) is 11.8. The van der Waals surface area contributed by atoms with Crippen molar-refractivity contribution in [2.24, 2.45) is 0 Å². The number of aliphatic hydroxyl groups excluding tert-OH is 1. The van der Waals surface area contributed by atoms with Gasteiger partial charge in [0.25, 0.3) is 0 Å². The summed E-state index contributed by atoms with van der Waals surface area (Å²) in [5, 5.41) is 9.82. The summed E-state index contributed by atoms with van der Waals surface area (Å²) in [6.07, 6.45) is 1.74. The van der Waals surface area contributed by atoms with Crippen molar-refractivity contribution in [1.29, 1.82) is 0 Å². The Balaban J connectivity index is 2.22. The van der Waals surface area contributed by atoms with Crippen molar-refractivity contribution in [2.75, 3.05) is 40.3 Å². The molecular weight excluding hydrogens is 232 g/mol. The zero-order chi connectivity index (χ0) is 13.5. The number of esters is 1. The molecule has 5 heteroatoms. The minimum atomic E-state index is -0.611. The quantitative estimate of drug-likeness (QED) is 0.696. The van der Waals surface area contributed by atoms with Crippen LogP contribution in [0.3, 0.4) is 0 Å². The minimum Gasteiger partial charge on any atom is -0.466 e. The lowest BCUT2D eigenvalue weighted by atomic mass is 10.0. The van der Waals surface area contributed by atoms with E-state index in [0.29, 0.717) is 19.2 Å². The number of hydrogen-bond acceptors (Lipinski definition) is 5. The normalized spacial score (nSPS) is 20.1. The second-order valence-corrected chi connectivity index (χ2v) is 5.16. The van der Waals surface area contributed by atoms with Crippen LogP contribution in [0.15, 0.2) is 0 Å². The monoisotopic (exact) mass is 258 g/mol. The molecule has 0 aromatic rings. The fourth-order valence-corrected chi connectivity index (χ4v) is 2.39. The molecule has 5 nitrogen and oxygen atoms in total. The van der Waals surface area contributed by atoms with E-state index in [9.17, 15) is 9.90 Å². The van der Waals surface area contributed by atoms with E-state index < -0.39 is 6.10 Å². The van der Waals surface area contributed by atoms with Crippen LogP contribution in [0, 0.1) is 0 Å². The van der Waals surface area contributed by atoms with Gasteiger partial charge in [-0.05, 0) is 47.0 Å². The summed E-state index contributed by atoms with van der Waals surface area (Å²) in [5.74, 6) is -0.312. The van der Waals surface area contributed by atoms with Gasteiger partial charge < -0.3 is 19.6 Å². The maximum atomic E-state index is 11.2. The number of piperidine rings is 1. The average Bonchev–Trinajstić information content (AvgIpc) is 2.29. The molecule has 1 saturated heterocycles. The molecule has 1 rings (SSSR count). The average molecular weight is 258 g/mol. The fraction of sp³-hybridized carbons (Fsp3) is 0.923. The first-order valence-corrected chi connectivity index (χ1v) is 6.75. The molecule has 1 unspecified atom stereocenters. The van der Waals surface area contributed by atoms with Crippen LogP contribution in [0.25, 0.3) is 0 Å². The van der Waals surface area contributed by atoms with E-state index in [4.69, 9.17) is 4.74 Å². The summed E-state index contributed by atoms with van der Waals surface area (Å²) in [6, 6.07) is 0.642. The number of carbonyl (C=O) groups is 1. The molecule has 0 aromatic carbocycles. The Morgan fingerprint density at radius 3 is 2.56 bits per heavy atom. The smallest absolute Gasteiger partial charge is 0.308 e. The van der Waals surface area contributed by atoms with Gasteiger partial charge in [-0.2, -0.15) is 0 Å². The van der Waals surface area contributed by atoms with Crippen molar-refractivity contribution in [2.45, 2.75) is 38.3 Å². The van der Waals surface area contributed by atoms with Crippen molar-refractivity contribution in [3.63, 3.8) is 0 Å². The number of ether oxygens (including phenoxy) is 1. The van der Waals surface area contributed by atoms with Crippen LogP contribution >= 0.6 is 0 Å². The van der Waals surface area contributed by atoms with Gasteiger partial charge in [-0.15, -0.1) is 0 Å². The van der Waals surface area contributed by atoms with E-state index in [1.165, 1.54) is 0 Å². The highest BCUT2D eigenvalue weighted by atomic mass is 16.5. The summed E-state index contributed by atoms with van der Waals surface area (Å²) in [4.78, 5) is 15.7. The Kier molecular flexibility index (Phi) is 6.60. The second kappa shape index (κ2) is 7.71. The lowest BCUT2D eigenvalue weighted by molar-refractivity contribution is -0.145. The van der Waals surface area contributed by atoms with Gasteiger partial charge in [-0.25, -0.2) is 0 Å². The Labute approximate surface area is 110 Å². The Bertz CT molecular complexity index is 251. The van der Waals surface area contributed by atoms with Gasteiger partial charge in [0.05, 0.1) is 19.1 Å². The van der Waals surface area contributed by atoms with E-state index in [0.717, 1.165) is 25.9 Å². The molecule has 0 amide bonds. The molecule has 1 fully saturated rings. The second-order valence-electron chi connectivity index (χ2n) is 5.16. The number of nitrogens with zero attached hydrogens (tertiary/aromatic N) is 2. The molecule has 1 heterocycles. The topological polar surface area (TPSA) is 53.0 Å². The number of likely N-dealkylation sites (tertiary alicyclic amines) is 1. The fourth-order valence-electron chi connectivity index (χ4n) is 2.39. The molecule has 18 heavy (non-hydrogen) atoms. The van der Waals surface area contributed by atoms with Crippen molar-refractivity contribution in [1.82, 2.24) is 9.80 Å². The molecule has 0 bridgehead atoms. The Morgan fingerprint density at radius 2 is 2.06 bits per heavy atom. The van der Waals surface area contributed by atoms with E-state index in [1.807, 2.05) is 0 Å². The van der Waals surface area contributed by atoms with Crippen LogP contribution in [0.4, 0.5) is 0 Å². The number of hydrogen-bond donors (Lipinski definition) is 1. The Morgan fingerprint density at radius 1 is 1.44 bits per heavy atom. The van der Waals surface area contributed by atoms with Gasteiger partial charge in [0.1, 0.15) is 0 Å². The maximum Gasteiger partial charge on any atom is 0.308 e. The van der Waals surface area contributed by atoms with Crippen molar-refractivity contribution < 1.29 is 14.6 Å². The standard InChI is InChI=1S/C13H26N2O3/c1-4-18-13(17)9-12(16)10-15-7-5-11(6-8-15)14(2)3/h11-12,16H,4-10H2,1-3H3. The molecule has 1 aliphatic rings. The van der Waals surface area contributed by atoms with Gasteiger partial charge >= 0.3 is 5.97 Å². The molecular formula is C13H26N2O3. The summed E-state index contributed by atoms with van der Waals surface area (Å²) in [6.45, 7) is 4.69. The minimum absolute atomic E-state index is 0.0987. The third kappa shape index (κ3) is 5.33. The van der Waals surface area contributed by atoms with Gasteiger partial charge in [0, 0.05) is 12.6 Å².